The van der Waals surface area contributed by atoms with Crippen LogP contribution in [0.1, 0.15) is 63.6 Å². The molecule has 0 unspecified atom stereocenters. The lowest BCUT2D eigenvalue weighted by Gasteiger charge is -2.18. The minimum Gasteiger partial charge on any atom is -0.481 e. The molecule has 2 aromatic heterocycles. The van der Waals surface area contributed by atoms with Crippen molar-refractivity contribution in [1.82, 2.24) is 25.4 Å². The van der Waals surface area contributed by atoms with E-state index in [0.717, 1.165) is 30.5 Å². The van der Waals surface area contributed by atoms with Gasteiger partial charge in [0.1, 0.15) is 0 Å². The molecule has 2 aliphatic rings. The summed E-state index contributed by atoms with van der Waals surface area (Å²) in [5.74, 6) is 0.721. The highest BCUT2D eigenvalue weighted by Crippen LogP contribution is 2.28. The molecule has 0 saturated heterocycles. The molecule has 0 bridgehead atoms. The summed E-state index contributed by atoms with van der Waals surface area (Å²) in [7, 11) is 1.54. The van der Waals surface area contributed by atoms with E-state index in [4.69, 9.17) is 4.74 Å². The lowest BCUT2D eigenvalue weighted by molar-refractivity contribution is 0.0786. The third kappa shape index (κ3) is 3.12. The van der Waals surface area contributed by atoms with Gasteiger partial charge in [-0.1, -0.05) is 6.92 Å². The van der Waals surface area contributed by atoms with E-state index in [1.807, 2.05) is 6.92 Å². The molecule has 2 N–H and O–H groups in total. The second kappa shape index (κ2) is 7.26. The number of methoxy groups -OCH3 is 1. The molecule has 0 aromatic carbocycles. The summed E-state index contributed by atoms with van der Waals surface area (Å²) in [6, 6.07) is 1.78. The van der Waals surface area contributed by atoms with Crippen molar-refractivity contribution in [2.75, 3.05) is 13.7 Å². The highest BCUT2D eigenvalue weighted by Gasteiger charge is 2.30. The fourth-order valence-electron chi connectivity index (χ4n) is 3.98. The second-order valence-corrected chi connectivity index (χ2v) is 7.53. The lowest BCUT2D eigenvalue weighted by Crippen LogP contribution is -2.26. The summed E-state index contributed by atoms with van der Waals surface area (Å²) in [6.45, 7) is 5.47. The first kappa shape index (κ1) is 18.5. The van der Waals surface area contributed by atoms with E-state index in [-0.39, 0.29) is 18.4 Å². The smallest absolute Gasteiger partial charge is 0.272 e. The molecule has 8 nitrogen and oxygen atoms in total. The average Bonchev–Trinajstić information content (AvgIpc) is 3.25. The number of hydrogen-bond acceptors (Lipinski definition) is 5. The standard InChI is InChI=1S/C20H25N5O3/c1-4-25-10-16-14(20(25)27)8-12(19(22-16)28-3)9-21-18(26)17-13-7-11(2)5-6-15(13)23-24-17/h8,11H,4-7,9-10H2,1-3H3,(H,21,26)(H,23,24)/t11-/m0/s1. The van der Waals surface area contributed by atoms with Crippen molar-refractivity contribution in [2.24, 2.45) is 5.92 Å². The van der Waals surface area contributed by atoms with Gasteiger partial charge in [-0.25, -0.2) is 4.98 Å². The van der Waals surface area contributed by atoms with Crippen LogP contribution < -0.4 is 10.1 Å². The Balaban J connectivity index is 1.53. The molecular weight excluding hydrogens is 358 g/mol. The van der Waals surface area contributed by atoms with Crippen LogP contribution in [0, 0.1) is 5.92 Å². The first-order valence-electron chi connectivity index (χ1n) is 9.72. The van der Waals surface area contributed by atoms with Crippen LogP contribution in [-0.4, -0.2) is 45.6 Å². The highest BCUT2D eigenvalue weighted by molar-refractivity contribution is 5.98. The second-order valence-electron chi connectivity index (χ2n) is 7.53. The number of nitrogens with zero attached hydrogens (tertiary/aromatic N) is 3. The molecule has 0 radical (unpaired) electrons. The summed E-state index contributed by atoms with van der Waals surface area (Å²) >= 11 is 0. The Labute approximate surface area is 163 Å². The van der Waals surface area contributed by atoms with Crippen molar-refractivity contribution in [3.05, 3.63) is 39.8 Å². The Kier molecular flexibility index (Phi) is 4.78. The topological polar surface area (TPSA) is 100 Å². The number of amides is 2. The van der Waals surface area contributed by atoms with Gasteiger partial charge in [0.25, 0.3) is 11.8 Å². The largest absolute Gasteiger partial charge is 0.481 e. The molecule has 2 amide bonds. The zero-order valence-corrected chi connectivity index (χ0v) is 16.5. The molecule has 1 atom stereocenters. The van der Waals surface area contributed by atoms with Crippen molar-refractivity contribution in [1.29, 1.82) is 0 Å². The molecule has 0 fully saturated rings. The average molecular weight is 383 g/mol. The molecule has 3 heterocycles. The van der Waals surface area contributed by atoms with Crippen molar-refractivity contribution < 1.29 is 14.3 Å². The molecule has 0 spiro atoms. The zero-order valence-electron chi connectivity index (χ0n) is 16.5. The fraction of sp³-hybridized carbons (Fsp3) is 0.500. The number of H-pyrrole nitrogens is 1. The van der Waals surface area contributed by atoms with Crippen molar-refractivity contribution >= 4 is 11.8 Å². The number of aromatic amines is 1. The van der Waals surface area contributed by atoms with E-state index in [2.05, 4.69) is 27.4 Å². The predicted molar refractivity (Wildman–Crippen MR) is 102 cm³/mol. The van der Waals surface area contributed by atoms with E-state index in [1.54, 1.807) is 18.1 Å². The Bertz CT molecular complexity index is 936. The van der Waals surface area contributed by atoms with Gasteiger partial charge < -0.3 is 15.0 Å². The van der Waals surface area contributed by atoms with Crippen LogP contribution in [0.3, 0.4) is 0 Å². The molecule has 4 rings (SSSR count). The lowest BCUT2D eigenvalue weighted by atomic mass is 9.87. The van der Waals surface area contributed by atoms with Crippen molar-refractivity contribution in [2.45, 2.75) is 46.2 Å². The number of carbonyl (C=O) groups excluding carboxylic acids is 2. The van der Waals surface area contributed by atoms with Gasteiger partial charge in [-0.2, -0.15) is 5.10 Å². The third-order valence-corrected chi connectivity index (χ3v) is 5.62. The number of rotatable bonds is 5. The molecule has 1 aliphatic heterocycles. The van der Waals surface area contributed by atoms with Gasteiger partial charge in [0, 0.05) is 29.9 Å². The van der Waals surface area contributed by atoms with Gasteiger partial charge in [0.15, 0.2) is 5.69 Å². The Morgan fingerprint density at radius 1 is 1.46 bits per heavy atom. The summed E-state index contributed by atoms with van der Waals surface area (Å²) in [4.78, 5) is 31.4. The number of ether oxygens (including phenoxy) is 1. The Hall–Kier alpha value is -2.90. The van der Waals surface area contributed by atoms with Gasteiger partial charge in [-0.15, -0.1) is 0 Å². The first-order valence-corrected chi connectivity index (χ1v) is 9.72. The molecular formula is C20H25N5O3. The molecule has 2 aromatic rings. The van der Waals surface area contributed by atoms with E-state index in [0.29, 0.717) is 47.4 Å². The number of aryl methyl sites for hydroxylation is 1. The van der Waals surface area contributed by atoms with Crippen LogP contribution in [-0.2, 0) is 25.9 Å². The van der Waals surface area contributed by atoms with E-state index in [1.165, 1.54) is 0 Å². The summed E-state index contributed by atoms with van der Waals surface area (Å²) in [5, 5.41) is 10.1. The normalized spacial score (nSPS) is 18.0. The van der Waals surface area contributed by atoms with Crippen molar-refractivity contribution in [3.8, 4) is 5.88 Å². The number of aromatic nitrogens is 3. The van der Waals surface area contributed by atoms with E-state index >= 15 is 0 Å². The zero-order chi connectivity index (χ0) is 19.8. The van der Waals surface area contributed by atoms with Crippen LogP contribution in [0.5, 0.6) is 5.88 Å². The van der Waals surface area contributed by atoms with Crippen LogP contribution >= 0.6 is 0 Å². The maximum Gasteiger partial charge on any atom is 0.272 e. The maximum absolute atomic E-state index is 12.7. The third-order valence-electron chi connectivity index (χ3n) is 5.62. The molecule has 1 aliphatic carbocycles. The number of pyridine rings is 1. The number of nitrogens with one attached hydrogen (secondary N) is 2. The summed E-state index contributed by atoms with van der Waals surface area (Å²) in [6.07, 6.45) is 2.89. The van der Waals surface area contributed by atoms with Gasteiger partial charge in [0.05, 0.1) is 24.9 Å². The quantitative estimate of drug-likeness (QED) is 0.821. The van der Waals surface area contributed by atoms with Crippen LogP contribution in [0.15, 0.2) is 6.07 Å². The van der Waals surface area contributed by atoms with Gasteiger partial charge in [-0.05, 0) is 38.2 Å². The molecule has 0 saturated carbocycles. The predicted octanol–water partition coefficient (Wildman–Crippen LogP) is 1.84. The minimum absolute atomic E-state index is 0.0319. The van der Waals surface area contributed by atoms with Crippen LogP contribution in [0.4, 0.5) is 0 Å². The van der Waals surface area contributed by atoms with Gasteiger partial charge >= 0.3 is 0 Å². The van der Waals surface area contributed by atoms with Crippen molar-refractivity contribution in [3.63, 3.8) is 0 Å². The number of hydrogen-bond donors (Lipinski definition) is 2. The number of carbonyl (C=O) groups is 2. The summed E-state index contributed by atoms with van der Waals surface area (Å²) < 4.78 is 5.39. The van der Waals surface area contributed by atoms with Crippen LogP contribution in [0.25, 0.3) is 0 Å². The van der Waals surface area contributed by atoms with E-state index in [9.17, 15) is 9.59 Å². The fourth-order valence-corrected chi connectivity index (χ4v) is 3.98. The van der Waals surface area contributed by atoms with Gasteiger partial charge in [-0.3, -0.25) is 14.7 Å². The molecule has 148 valence electrons. The Morgan fingerprint density at radius 2 is 2.29 bits per heavy atom. The van der Waals surface area contributed by atoms with Gasteiger partial charge in [0.2, 0.25) is 5.88 Å². The van der Waals surface area contributed by atoms with E-state index < -0.39 is 0 Å². The Morgan fingerprint density at radius 3 is 3.04 bits per heavy atom. The highest BCUT2D eigenvalue weighted by atomic mass is 16.5. The minimum atomic E-state index is -0.226. The summed E-state index contributed by atoms with van der Waals surface area (Å²) in [5.41, 5.74) is 4.52. The monoisotopic (exact) mass is 383 g/mol. The molecule has 8 heteroatoms. The molecule has 28 heavy (non-hydrogen) atoms. The number of fused-ring (bicyclic) bond motifs is 2. The SMILES string of the molecule is CCN1Cc2nc(OC)c(CNC(=O)c3n[nH]c4c3C[C@@H](C)CC4)cc2C1=O. The first-order chi connectivity index (χ1) is 13.5. The van der Waals surface area contributed by atoms with Crippen LogP contribution in [0.2, 0.25) is 0 Å². The maximum atomic E-state index is 12.7.